The largest absolute Gasteiger partial charge is 0.490 e. The van der Waals surface area contributed by atoms with Crippen LogP contribution in [0.5, 0.6) is 11.5 Å². The highest BCUT2D eigenvalue weighted by molar-refractivity contribution is 9.10. The summed E-state index contributed by atoms with van der Waals surface area (Å²) in [6.45, 7) is 3.73. The van der Waals surface area contributed by atoms with E-state index < -0.39 is 17.3 Å². The summed E-state index contributed by atoms with van der Waals surface area (Å²) in [7, 11) is 0. The number of carbonyl (C=O) groups is 1. The van der Waals surface area contributed by atoms with Crippen LogP contribution >= 0.6 is 15.9 Å². The number of alkyl halides is 3. The highest BCUT2D eigenvalue weighted by atomic mass is 79.9. The van der Waals surface area contributed by atoms with Gasteiger partial charge in [-0.25, -0.2) is 4.98 Å². The molecule has 0 unspecified atom stereocenters. The Morgan fingerprint density at radius 2 is 1.73 bits per heavy atom. The van der Waals surface area contributed by atoms with Crippen molar-refractivity contribution < 1.29 is 27.4 Å². The molecule has 1 amide bonds. The number of nitrogens with zero attached hydrogens (tertiary/aromatic N) is 3. The molecule has 0 bridgehead atoms. The summed E-state index contributed by atoms with van der Waals surface area (Å²) in [6, 6.07) is 21.6. The Labute approximate surface area is 264 Å². The molecule has 5 rings (SSSR count). The summed E-state index contributed by atoms with van der Waals surface area (Å²) in [5.41, 5.74) is 1.09. The SMILES string of the molecule is CCOc1cc(C=Nn2c(-c3cccc(C(F)(F)F)c3)nc3ccccc3c2=O)c(Br)cc1OCC(=O)Nc1ccc(C)cc1. The number of aryl methyl sites for hydroxylation is 1. The summed E-state index contributed by atoms with van der Waals surface area (Å²) in [6.07, 6.45) is -3.23. The van der Waals surface area contributed by atoms with Crippen LogP contribution in [-0.2, 0) is 11.0 Å². The molecule has 0 aliphatic carbocycles. The first-order valence-corrected chi connectivity index (χ1v) is 14.5. The average Bonchev–Trinajstić information content (AvgIpc) is 3.02. The van der Waals surface area contributed by atoms with Gasteiger partial charge in [0.1, 0.15) is 0 Å². The number of benzene rings is 4. The summed E-state index contributed by atoms with van der Waals surface area (Å²) in [5.74, 6) is 0.164. The first kappa shape index (κ1) is 31.5. The molecule has 0 saturated carbocycles. The van der Waals surface area contributed by atoms with E-state index in [1.807, 2.05) is 19.1 Å². The van der Waals surface area contributed by atoms with Crippen molar-refractivity contribution in [1.82, 2.24) is 9.66 Å². The minimum atomic E-state index is -4.59. The highest BCUT2D eigenvalue weighted by Crippen LogP contribution is 2.34. The van der Waals surface area contributed by atoms with Gasteiger partial charge in [0.15, 0.2) is 23.9 Å². The topological polar surface area (TPSA) is 94.8 Å². The lowest BCUT2D eigenvalue weighted by atomic mass is 10.1. The quantitative estimate of drug-likeness (QED) is 0.163. The van der Waals surface area contributed by atoms with Crippen LogP contribution in [0, 0.1) is 6.92 Å². The van der Waals surface area contributed by atoms with E-state index in [0.717, 1.165) is 22.4 Å². The Morgan fingerprint density at radius 1 is 1.00 bits per heavy atom. The third kappa shape index (κ3) is 7.40. The number of hydrogen-bond donors (Lipinski definition) is 1. The Balaban J connectivity index is 1.48. The Morgan fingerprint density at radius 3 is 2.47 bits per heavy atom. The number of carbonyl (C=O) groups excluding carboxylic acids is 1. The lowest BCUT2D eigenvalue weighted by molar-refractivity contribution is -0.137. The van der Waals surface area contributed by atoms with Gasteiger partial charge in [0.05, 0.1) is 29.3 Å². The van der Waals surface area contributed by atoms with Crippen molar-refractivity contribution in [1.29, 1.82) is 0 Å². The fourth-order valence-electron chi connectivity index (χ4n) is 4.38. The molecule has 0 fully saturated rings. The van der Waals surface area contributed by atoms with Crippen LogP contribution in [0.2, 0.25) is 0 Å². The van der Waals surface area contributed by atoms with Crippen LogP contribution in [0.15, 0.2) is 99.3 Å². The van der Waals surface area contributed by atoms with Crippen molar-refractivity contribution in [3.63, 3.8) is 0 Å². The lowest BCUT2D eigenvalue weighted by Crippen LogP contribution is -2.21. The van der Waals surface area contributed by atoms with E-state index >= 15 is 0 Å². The molecule has 0 saturated heterocycles. The van der Waals surface area contributed by atoms with E-state index in [1.165, 1.54) is 18.3 Å². The van der Waals surface area contributed by atoms with E-state index in [0.29, 0.717) is 27.0 Å². The number of halogens is 4. The van der Waals surface area contributed by atoms with Crippen LogP contribution < -0.4 is 20.3 Å². The molecule has 12 heteroatoms. The summed E-state index contributed by atoms with van der Waals surface area (Å²) in [5, 5.41) is 7.37. The maximum Gasteiger partial charge on any atom is 0.416 e. The molecule has 45 heavy (non-hydrogen) atoms. The summed E-state index contributed by atoms with van der Waals surface area (Å²) in [4.78, 5) is 30.5. The standard InChI is InChI=1S/C33H26BrF3N4O4/c1-3-44-28-16-22(26(34)17-29(28)45-19-30(42)39-24-13-11-20(2)12-14-24)18-38-41-31(21-7-6-8-23(15-21)33(35,36)37)40-27-10-5-4-9-25(27)32(41)43/h4-18H,3,19H2,1-2H3,(H,39,42). The highest BCUT2D eigenvalue weighted by Gasteiger charge is 2.31. The lowest BCUT2D eigenvalue weighted by Gasteiger charge is -2.14. The fourth-order valence-corrected chi connectivity index (χ4v) is 4.81. The van der Waals surface area contributed by atoms with Gasteiger partial charge >= 0.3 is 6.18 Å². The second kappa shape index (κ2) is 13.3. The monoisotopic (exact) mass is 678 g/mol. The van der Waals surface area contributed by atoms with E-state index in [2.05, 4.69) is 31.3 Å². The van der Waals surface area contributed by atoms with Gasteiger partial charge in [0.25, 0.3) is 11.5 Å². The number of aromatic nitrogens is 2. The molecule has 1 aromatic heterocycles. The zero-order valence-electron chi connectivity index (χ0n) is 24.1. The van der Waals surface area contributed by atoms with Crippen molar-refractivity contribution in [3.8, 4) is 22.9 Å². The number of para-hydroxylation sites is 1. The van der Waals surface area contributed by atoms with Crippen molar-refractivity contribution in [2.75, 3.05) is 18.5 Å². The van der Waals surface area contributed by atoms with Gasteiger partial charge in [-0.15, -0.1) is 0 Å². The predicted octanol–water partition coefficient (Wildman–Crippen LogP) is 7.45. The Hall–Kier alpha value is -4.97. The van der Waals surface area contributed by atoms with Crippen LogP contribution in [0.25, 0.3) is 22.3 Å². The minimum absolute atomic E-state index is 0.0616. The number of rotatable bonds is 9. The van der Waals surface area contributed by atoms with E-state index in [1.54, 1.807) is 55.5 Å². The summed E-state index contributed by atoms with van der Waals surface area (Å²) >= 11 is 3.47. The second-order valence-electron chi connectivity index (χ2n) is 9.85. The van der Waals surface area contributed by atoms with Gasteiger partial charge in [0, 0.05) is 21.3 Å². The molecule has 230 valence electrons. The molecule has 1 heterocycles. The van der Waals surface area contributed by atoms with Gasteiger partial charge in [-0.3, -0.25) is 9.59 Å². The minimum Gasteiger partial charge on any atom is -0.490 e. The van der Waals surface area contributed by atoms with Gasteiger partial charge in [-0.2, -0.15) is 22.9 Å². The van der Waals surface area contributed by atoms with Crippen molar-refractivity contribution in [2.24, 2.45) is 5.10 Å². The van der Waals surface area contributed by atoms with Crippen LogP contribution in [0.3, 0.4) is 0 Å². The number of amides is 1. The normalized spacial score (nSPS) is 11.6. The number of nitrogens with one attached hydrogen (secondary N) is 1. The first-order valence-electron chi connectivity index (χ1n) is 13.7. The van der Waals surface area contributed by atoms with Gasteiger partial charge < -0.3 is 14.8 Å². The van der Waals surface area contributed by atoms with Gasteiger partial charge in [-0.05, 0) is 78.3 Å². The predicted molar refractivity (Wildman–Crippen MR) is 170 cm³/mol. The molecule has 0 atom stereocenters. The number of ether oxygens (including phenoxy) is 2. The third-order valence-corrected chi connectivity index (χ3v) is 7.26. The smallest absolute Gasteiger partial charge is 0.416 e. The first-order chi connectivity index (χ1) is 21.5. The van der Waals surface area contributed by atoms with Crippen LogP contribution in [-0.4, -0.2) is 35.0 Å². The zero-order valence-corrected chi connectivity index (χ0v) is 25.6. The molecule has 4 aromatic carbocycles. The van der Waals surface area contributed by atoms with E-state index in [9.17, 15) is 22.8 Å². The number of anilines is 1. The Kier molecular flexibility index (Phi) is 9.33. The summed E-state index contributed by atoms with van der Waals surface area (Å²) < 4.78 is 53.5. The van der Waals surface area contributed by atoms with Crippen LogP contribution in [0.4, 0.5) is 18.9 Å². The fraction of sp³-hybridized carbons (Fsp3) is 0.152. The Bertz CT molecular complexity index is 1960. The van der Waals surface area contributed by atoms with E-state index in [-0.39, 0.29) is 41.6 Å². The zero-order chi connectivity index (χ0) is 32.1. The third-order valence-electron chi connectivity index (χ3n) is 6.57. The second-order valence-corrected chi connectivity index (χ2v) is 10.7. The molecule has 0 aliphatic heterocycles. The van der Waals surface area contributed by atoms with Gasteiger partial charge in [-0.1, -0.05) is 42.0 Å². The van der Waals surface area contributed by atoms with Crippen molar-refractivity contribution >= 4 is 44.6 Å². The molecular formula is C33H26BrF3N4O4. The maximum absolute atomic E-state index is 13.5. The molecule has 0 aliphatic rings. The van der Waals surface area contributed by atoms with Crippen LogP contribution in [0.1, 0.15) is 23.6 Å². The molecule has 8 nitrogen and oxygen atoms in total. The molecule has 5 aromatic rings. The van der Waals surface area contributed by atoms with E-state index in [4.69, 9.17) is 9.47 Å². The van der Waals surface area contributed by atoms with Crippen molar-refractivity contribution in [3.05, 3.63) is 116 Å². The number of hydrogen-bond acceptors (Lipinski definition) is 6. The number of fused-ring (bicyclic) bond motifs is 1. The maximum atomic E-state index is 13.5. The molecule has 0 radical (unpaired) electrons. The van der Waals surface area contributed by atoms with Gasteiger partial charge in [0.2, 0.25) is 0 Å². The molecular weight excluding hydrogens is 653 g/mol. The molecule has 0 spiro atoms. The average molecular weight is 679 g/mol. The van der Waals surface area contributed by atoms with Crippen molar-refractivity contribution in [2.45, 2.75) is 20.0 Å². The molecule has 1 N–H and O–H groups in total.